The molecule has 0 aliphatic rings. The summed E-state index contributed by atoms with van der Waals surface area (Å²) in [6.45, 7) is 3.90. The predicted octanol–water partition coefficient (Wildman–Crippen LogP) is 3.96. The van der Waals surface area contributed by atoms with Crippen LogP contribution in [0.1, 0.15) is 22.8 Å². The number of benzene rings is 1. The molecule has 0 aliphatic carbocycles. The smallest absolute Gasteiger partial charge is 0.215 e. The number of halogens is 1. The van der Waals surface area contributed by atoms with Gasteiger partial charge in [-0.3, -0.25) is 4.40 Å². The molecule has 0 saturated carbocycles. The highest BCUT2D eigenvalue weighted by atomic mass is 35.5. The molecular weight excluding hydrogens is 348 g/mol. The molecule has 0 saturated heterocycles. The maximum absolute atomic E-state index is 6.21. The quantitative estimate of drug-likeness (QED) is 0.481. The van der Waals surface area contributed by atoms with Crippen LogP contribution in [0.5, 0.6) is 5.88 Å². The second-order valence-electron chi connectivity index (χ2n) is 5.83. The summed E-state index contributed by atoms with van der Waals surface area (Å²) in [6.07, 6.45) is 0. The van der Waals surface area contributed by atoms with Gasteiger partial charge in [-0.15, -0.1) is 0 Å². The van der Waals surface area contributed by atoms with Gasteiger partial charge in [-0.1, -0.05) is 29.7 Å². The maximum Gasteiger partial charge on any atom is 0.215 e. The van der Waals surface area contributed by atoms with Crippen molar-refractivity contribution in [1.82, 2.24) is 19.4 Å². The van der Waals surface area contributed by atoms with Crippen LogP contribution < -0.4 is 4.74 Å². The lowest BCUT2D eigenvalue weighted by Crippen LogP contribution is -2.01. The molecule has 5 nitrogen and oxygen atoms in total. The molecule has 0 N–H and O–H groups in total. The van der Waals surface area contributed by atoms with Crippen LogP contribution in [0.3, 0.4) is 0 Å². The van der Waals surface area contributed by atoms with Gasteiger partial charge in [0.05, 0.1) is 29.0 Å². The van der Waals surface area contributed by atoms with Crippen molar-refractivity contribution in [3.8, 4) is 17.7 Å². The van der Waals surface area contributed by atoms with Gasteiger partial charge in [0.15, 0.2) is 11.5 Å². The van der Waals surface area contributed by atoms with Gasteiger partial charge in [0.1, 0.15) is 5.52 Å². The van der Waals surface area contributed by atoms with Crippen molar-refractivity contribution in [2.24, 2.45) is 0 Å². The normalized spacial score (nSPS) is 10.8. The van der Waals surface area contributed by atoms with Crippen LogP contribution in [0.15, 0.2) is 36.4 Å². The highest BCUT2D eigenvalue weighted by Crippen LogP contribution is 2.23. The SMILES string of the molecule is COc1ccc2nc(C)c3c(C)nc(C#Cc4ccccc4Cl)n3c2n1. The molecule has 0 radical (unpaired) electrons. The lowest BCUT2D eigenvalue weighted by molar-refractivity contribution is 0.399. The van der Waals surface area contributed by atoms with E-state index < -0.39 is 0 Å². The van der Waals surface area contributed by atoms with E-state index in [-0.39, 0.29) is 0 Å². The van der Waals surface area contributed by atoms with E-state index in [0.717, 1.165) is 28.0 Å². The molecule has 1 aromatic carbocycles. The molecule has 0 bridgehead atoms. The third-order valence-corrected chi connectivity index (χ3v) is 4.44. The molecule has 6 heteroatoms. The van der Waals surface area contributed by atoms with E-state index in [2.05, 4.69) is 26.8 Å². The number of hydrogen-bond donors (Lipinski definition) is 0. The van der Waals surface area contributed by atoms with E-state index in [4.69, 9.17) is 16.3 Å². The first-order valence-corrected chi connectivity index (χ1v) is 8.43. The van der Waals surface area contributed by atoms with E-state index in [1.807, 2.05) is 48.6 Å². The highest BCUT2D eigenvalue weighted by Gasteiger charge is 2.15. The topological polar surface area (TPSA) is 52.3 Å². The van der Waals surface area contributed by atoms with Crippen molar-refractivity contribution in [2.45, 2.75) is 13.8 Å². The molecule has 0 spiro atoms. The van der Waals surface area contributed by atoms with E-state index in [0.29, 0.717) is 22.4 Å². The first-order valence-electron chi connectivity index (χ1n) is 8.05. The minimum absolute atomic E-state index is 0.515. The average molecular weight is 363 g/mol. The Morgan fingerprint density at radius 1 is 0.962 bits per heavy atom. The minimum Gasteiger partial charge on any atom is -0.481 e. The summed E-state index contributed by atoms with van der Waals surface area (Å²) in [6, 6.07) is 11.1. The second kappa shape index (κ2) is 6.32. The Kier molecular flexibility index (Phi) is 3.98. The van der Waals surface area contributed by atoms with Crippen LogP contribution in [-0.4, -0.2) is 26.5 Å². The number of fused-ring (bicyclic) bond motifs is 3. The highest BCUT2D eigenvalue weighted by molar-refractivity contribution is 6.31. The maximum atomic E-state index is 6.21. The summed E-state index contributed by atoms with van der Waals surface area (Å²) in [5.74, 6) is 7.34. The summed E-state index contributed by atoms with van der Waals surface area (Å²) >= 11 is 6.21. The number of aryl methyl sites for hydroxylation is 2. The van der Waals surface area contributed by atoms with E-state index in [1.54, 1.807) is 13.2 Å². The van der Waals surface area contributed by atoms with Crippen LogP contribution in [-0.2, 0) is 0 Å². The first-order chi connectivity index (χ1) is 12.6. The van der Waals surface area contributed by atoms with Gasteiger partial charge >= 0.3 is 0 Å². The number of rotatable bonds is 1. The molecule has 0 amide bonds. The summed E-state index contributed by atoms with van der Waals surface area (Å²) < 4.78 is 7.20. The zero-order valence-electron chi connectivity index (χ0n) is 14.5. The van der Waals surface area contributed by atoms with E-state index in [9.17, 15) is 0 Å². The third kappa shape index (κ3) is 2.65. The monoisotopic (exact) mass is 362 g/mol. The predicted molar refractivity (Wildman–Crippen MR) is 102 cm³/mol. The number of aromatic nitrogens is 4. The summed E-state index contributed by atoms with van der Waals surface area (Å²) in [5, 5.41) is 0.611. The number of hydrogen-bond acceptors (Lipinski definition) is 4. The molecule has 3 heterocycles. The molecule has 0 unspecified atom stereocenters. The standard InChI is InChI=1S/C20H15ClN4O/c1-12-19-13(2)23-17(10-8-14-6-4-5-7-15(14)21)25(19)20-16(22-12)9-11-18(24-20)26-3/h4-7,9,11H,1-3H3. The number of nitrogens with zero attached hydrogens (tertiary/aromatic N) is 4. The van der Waals surface area contributed by atoms with Crippen molar-refractivity contribution in [3.05, 3.63) is 64.2 Å². The van der Waals surface area contributed by atoms with Gasteiger partial charge in [0.25, 0.3) is 0 Å². The van der Waals surface area contributed by atoms with Crippen LogP contribution in [0.4, 0.5) is 0 Å². The van der Waals surface area contributed by atoms with Crippen LogP contribution in [0.2, 0.25) is 5.02 Å². The number of ether oxygens (including phenoxy) is 1. The summed E-state index contributed by atoms with van der Waals surface area (Å²) in [5.41, 5.74) is 4.80. The molecule has 0 fully saturated rings. The van der Waals surface area contributed by atoms with Crippen molar-refractivity contribution in [2.75, 3.05) is 7.11 Å². The average Bonchev–Trinajstić information content (AvgIpc) is 2.98. The molecule has 3 aromatic heterocycles. The Hall–Kier alpha value is -3.10. The van der Waals surface area contributed by atoms with Crippen LogP contribution in [0, 0.1) is 25.7 Å². The van der Waals surface area contributed by atoms with E-state index in [1.165, 1.54) is 0 Å². The zero-order chi connectivity index (χ0) is 18.3. The summed E-state index contributed by atoms with van der Waals surface area (Å²) in [4.78, 5) is 13.8. The van der Waals surface area contributed by atoms with Crippen molar-refractivity contribution >= 4 is 28.3 Å². The Bertz CT molecular complexity index is 1220. The lowest BCUT2D eigenvalue weighted by atomic mass is 10.2. The number of imidazole rings is 1. The van der Waals surface area contributed by atoms with Gasteiger partial charge in [-0.25, -0.2) is 9.97 Å². The van der Waals surface area contributed by atoms with Gasteiger partial charge in [0.2, 0.25) is 5.88 Å². The number of pyridine rings is 1. The largest absolute Gasteiger partial charge is 0.481 e. The molecule has 4 rings (SSSR count). The fourth-order valence-corrected chi connectivity index (χ4v) is 3.13. The molecule has 26 heavy (non-hydrogen) atoms. The molecule has 128 valence electrons. The van der Waals surface area contributed by atoms with Gasteiger partial charge in [0, 0.05) is 11.6 Å². The Balaban J connectivity index is 2.03. The fraction of sp³-hybridized carbons (Fsp3) is 0.150. The second-order valence-corrected chi connectivity index (χ2v) is 6.24. The van der Waals surface area contributed by atoms with Crippen LogP contribution in [0.25, 0.3) is 16.7 Å². The number of methoxy groups -OCH3 is 1. The fourth-order valence-electron chi connectivity index (χ4n) is 2.95. The molecular formula is C20H15ClN4O. The van der Waals surface area contributed by atoms with Gasteiger partial charge < -0.3 is 4.74 Å². The Labute approximate surface area is 155 Å². The summed E-state index contributed by atoms with van der Waals surface area (Å²) in [7, 11) is 1.59. The van der Waals surface area contributed by atoms with Crippen molar-refractivity contribution in [3.63, 3.8) is 0 Å². The van der Waals surface area contributed by atoms with Gasteiger partial charge in [-0.05, 0) is 38.0 Å². The van der Waals surface area contributed by atoms with Gasteiger partial charge in [-0.2, -0.15) is 4.98 Å². The zero-order valence-corrected chi connectivity index (χ0v) is 15.3. The van der Waals surface area contributed by atoms with Crippen LogP contribution >= 0.6 is 11.6 Å². The lowest BCUT2D eigenvalue weighted by Gasteiger charge is -2.07. The van der Waals surface area contributed by atoms with Crippen molar-refractivity contribution < 1.29 is 4.74 Å². The third-order valence-electron chi connectivity index (χ3n) is 4.12. The Morgan fingerprint density at radius 3 is 2.50 bits per heavy atom. The Morgan fingerprint density at radius 2 is 1.73 bits per heavy atom. The minimum atomic E-state index is 0.515. The van der Waals surface area contributed by atoms with Crippen molar-refractivity contribution in [1.29, 1.82) is 0 Å². The molecule has 4 aromatic rings. The molecule has 0 atom stereocenters. The first kappa shape index (κ1) is 16.4. The molecule has 0 aliphatic heterocycles. The van der Waals surface area contributed by atoms with E-state index >= 15 is 0 Å².